The van der Waals surface area contributed by atoms with Crippen LogP contribution in [-0.2, 0) is 11.2 Å². The molecule has 1 N–H and O–H groups in total. The third kappa shape index (κ3) is 4.24. The normalized spacial score (nSPS) is 11.0. The van der Waals surface area contributed by atoms with Gasteiger partial charge in [-0.25, -0.2) is 0 Å². The highest BCUT2D eigenvalue weighted by Gasteiger charge is 2.14. The molecule has 0 fully saturated rings. The van der Waals surface area contributed by atoms with Gasteiger partial charge in [0.05, 0.1) is 17.5 Å². The molecule has 138 valence electrons. The van der Waals surface area contributed by atoms with Crippen molar-refractivity contribution in [1.29, 1.82) is 0 Å². The number of carbonyl (C=O) groups is 1. The van der Waals surface area contributed by atoms with E-state index in [0.717, 1.165) is 5.56 Å². The van der Waals surface area contributed by atoms with Gasteiger partial charge >= 0.3 is 0 Å². The van der Waals surface area contributed by atoms with Crippen LogP contribution in [0.2, 0.25) is 0 Å². The average molecular weight is 371 g/mol. The second-order valence-corrected chi connectivity index (χ2v) is 6.06. The van der Waals surface area contributed by atoms with Crippen molar-refractivity contribution >= 4 is 17.7 Å². The quantitative estimate of drug-likeness (QED) is 0.502. The van der Waals surface area contributed by atoms with E-state index in [0.29, 0.717) is 35.1 Å². The fourth-order valence-corrected chi connectivity index (χ4v) is 2.71. The molecular weight excluding hydrogens is 354 g/mol. The maximum absolute atomic E-state index is 12.2. The van der Waals surface area contributed by atoms with Crippen molar-refractivity contribution in [3.63, 3.8) is 0 Å². The number of hydrogen-bond donors (Lipinski definition) is 1. The van der Waals surface area contributed by atoms with E-state index in [4.69, 9.17) is 8.94 Å². The molecule has 1 amide bonds. The van der Waals surface area contributed by atoms with Crippen LogP contribution in [0.4, 0.5) is 5.69 Å². The zero-order chi connectivity index (χ0) is 19.2. The lowest BCUT2D eigenvalue weighted by Crippen LogP contribution is -2.08. The van der Waals surface area contributed by atoms with E-state index in [1.807, 2.05) is 48.5 Å². The first kappa shape index (κ1) is 17.5. The lowest BCUT2D eigenvalue weighted by molar-refractivity contribution is -0.111. The summed E-state index contributed by atoms with van der Waals surface area (Å²) in [6, 6.07) is 20.7. The van der Waals surface area contributed by atoms with Crippen molar-refractivity contribution in [3.05, 3.63) is 96.2 Å². The number of hydrogen-bond acceptors (Lipinski definition) is 5. The van der Waals surface area contributed by atoms with Gasteiger partial charge < -0.3 is 14.3 Å². The number of carbonyl (C=O) groups excluding carboxylic acids is 1. The van der Waals surface area contributed by atoms with Crippen molar-refractivity contribution < 1.29 is 13.7 Å². The molecule has 28 heavy (non-hydrogen) atoms. The smallest absolute Gasteiger partial charge is 0.260 e. The fraction of sp³-hybridized carbons (Fsp3) is 0.0455. The molecule has 2 heterocycles. The highest BCUT2D eigenvalue weighted by atomic mass is 16.5. The summed E-state index contributed by atoms with van der Waals surface area (Å²) in [4.78, 5) is 16.7. The van der Waals surface area contributed by atoms with Crippen LogP contribution < -0.4 is 5.32 Å². The Balaban J connectivity index is 1.51. The second-order valence-electron chi connectivity index (χ2n) is 6.06. The number of nitrogens with zero attached hydrogens (tertiary/aromatic N) is 2. The maximum Gasteiger partial charge on any atom is 0.260 e. The number of nitrogens with one attached hydrogen (secondary N) is 1. The van der Waals surface area contributed by atoms with Gasteiger partial charge in [0, 0.05) is 12.5 Å². The number of rotatable bonds is 6. The number of furan rings is 1. The Morgan fingerprint density at radius 2 is 1.82 bits per heavy atom. The summed E-state index contributed by atoms with van der Waals surface area (Å²) in [6.45, 7) is 0. The third-order valence-electron chi connectivity index (χ3n) is 4.03. The molecule has 0 unspecified atom stereocenters. The lowest BCUT2D eigenvalue weighted by Gasteiger charge is -2.06. The number of benzene rings is 2. The minimum absolute atomic E-state index is 0.284. The van der Waals surface area contributed by atoms with Crippen LogP contribution in [0.5, 0.6) is 0 Å². The van der Waals surface area contributed by atoms with Gasteiger partial charge in [-0.3, -0.25) is 4.79 Å². The second kappa shape index (κ2) is 8.18. The van der Waals surface area contributed by atoms with Crippen LogP contribution in [0.1, 0.15) is 17.1 Å². The number of para-hydroxylation sites is 1. The molecule has 4 aromatic rings. The van der Waals surface area contributed by atoms with Crippen LogP contribution in [-0.4, -0.2) is 16.0 Å². The summed E-state index contributed by atoms with van der Waals surface area (Å²) in [5.41, 5.74) is 2.35. The van der Waals surface area contributed by atoms with Crippen molar-refractivity contribution in [2.24, 2.45) is 0 Å². The highest BCUT2D eigenvalue weighted by Crippen LogP contribution is 2.26. The predicted octanol–water partition coefficient (Wildman–Crippen LogP) is 4.57. The number of amides is 1. The first-order valence-corrected chi connectivity index (χ1v) is 8.76. The molecular formula is C22H17N3O3. The summed E-state index contributed by atoms with van der Waals surface area (Å²) in [6.07, 6.45) is 5.13. The minimum Gasteiger partial charge on any atom is -0.465 e. The molecule has 0 saturated carbocycles. The summed E-state index contributed by atoms with van der Waals surface area (Å²) in [5.74, 6) is 1.26. The molecule has 0 atom stereocenters. The first-order valence-electron chi connectivity index (χ1n) is 8.76. The van der Waals surface area contributed by atoms with E-state index in [1.54, 1.807) is 30.5 Å². The third-order valence-corrected chi connectivity index (χ3v) is 4.03. The van der Waals surface area contributed by atoms with Crippen LogP contribution in [0.15, 0.2) is 88.0 Å². The molecule has 2 aromatic carbocycles. The van der Waals surface area contributed by atoms with Gasteiger partial charge in [0.1, 0.15) is 5.76 Å². The monoisotopic (exact) mass is 371 g/mol. The average Bonchev–Trinajstić information content (AvgIpc) is 3.40. The van der Waals surface area contributed by atoms with Gasteiger partial charge in [0.25, 0.3) is 5.89 Å². The molecule has 0 bridgehead atoms. The molecule has 6 heteroatoms. The van der Waals surface area contributed by atoms with Crippen LogP contribution in [0.3, 0.4) is 0 Å². The summed E-state index contributed by atoms with van der Waals surface area (Å²) >= 11 is 0. The highest BCUT2D eigenvalue weighted by molar-refractivity contribution is 6.03. The first-order chi connectivity index (χ1) is 13.8. The molecule has 0 aliphatic heterocycles. The van der Waals surface area contributed by atoms with Gasteiger partial charge in [-0.1, -0.05) is 47.6 Å². The molecule has 0 spiro atoms. The van der Waals surface area contributed by atoms with E-state index >= 15 is 0 Å². The Kier molecular flexibility index (Phi) is 5.11. The Morgan fingerprint density at radius 1 is 1.00 bits per heavy atom. The van der Waals surface area contributed by atoms with E-state index in [-0.39, 0.29) is 5.91 Å². The molecule has 6 nitrogen and oxygen atoms in total. The standard InChI is InChI=1S/C22H17N3O3/c26-21(13-12-17-9-6-14-27-17)23-19-11-5-4-10-18(19)22-24-20(25-28-22)15-16-7-2-1-3-8-16/h1-14H,15H2,(H,23,26)/b13-12+. The van der Waals surface area contributed by atoms with Crippen molar-refractivity contribution in [3.8, 4) is 11.5 Å². The molecule has 2 aromatic heterocycles. The Morgan fingerprint density at radius 3 is 2.64 bits per heavy atom. The number of anilines is 1. The molecule has 0 aliphatic rings. The fourth-order valence-electron chi connectivity index (χ4n) is 2.71. The van der Waals surface area contributed by atoms with Crippen LogP contribution in [0.25, 0.3) is 17.5 Å². The van der Waals surface area contributed by atoms with Crippen LogP contribution >= 0.6 is 0 Å². The van der Waals surface area contributed by atoms with Crippen LogP contribution in [0, 0.1) is 0 Å². The zero-order valence-corrected chi connectivity index (χ0v) is 14.9. The Labute approximate surface area is 161 Å². The SMILES string of the molecule is O=C(/C=C/c1ccco1)Nc1ccccc1-c1nc(Cc2ccccc2)no1. The van der Waals surface area contributed by atoms with Gasteiger partial charge in [0.2, 0.25) is 5.91 Å². The minimum atomic E-state index is -0.284. The zero-order valence-electron chi connectivity index (χ0n) is 14.9. The van der Waals surface area contributed by atoms with Gasteiger partial charge in [-0.15, -0.1) is 0 Å². The van der Waals surface area contributed by atoms with Gasteiger partial charge in [-0.2, -0.15) is 4.98 Å². The maximum atomic E-state index is 12.2. The van der Waals surface area contributed by atoms with E-state index in [1.165, 1.54) is 6.08 Å². The summed E-state index contributed by atoms with van der Waals surface area (Å²) < 4.78 is 10.6. The van der Waals surface area contributed by atoms with E-state index in [9.17, 15) is 4.79 Å². The molecule has 0 aliphatic carbocycles. The van der Waals surface area contributed by atoms with Crippen molar-refractivity contribution in [1.82, 2.24) is 10.1 Å². The Hall–Kier alpha value is -3.93. The van der Waals surface area contributed by atoms with Crippen molar-refractivity contribution in [2.45, 2.75) is 6.42 Å². The van der Waals surface area contributed by atoms with E-state index < -0.39 is 0 Å². The summed E-state index contributed by atoms with van der Waals surface area (Å²) in [5, 5.41) is 6.89. The van der Waals surface area contributed by atoms with Gasteiger partial charge in [0.15, 0.2) is 5.82 Å². The van der Waals surface area contributed by atoms with E-state index in [2.05, 4.69) is 15.5 Å². The number of aromatic nitrogens is 2. The molecule has 4 rings (SSSR count). The predicted molar refractivity (Wildman–Crippen MR) is 105 cm³/mol. The lowest BCUT2D eigenvalue weighted by atomic mass is 10.1. The topological polar surface area (TPSA) is 81.2 Å². The summed E-state index contributed by atoms with van der Waals surface area (Å²) in [7, 11) is 0. The molecule has 0 radical (unpaired) electrons. The molecule has 0 saturated heterocycles. The van der Waals surface area contributed by atoms with Crippen molar-refractivity contribution in [2.75, 3.05) is 5.32 Å². The largest absolute Gasteiger partial charge is 0.465 e. The Bertz CT molecular complexity index is 1080. The van der Waals surface area contributed by atoms with Gasteiger partial charge in [-0.05, 0) is 35.9 Å².